The van der Waals surface area contributed by atoms with Crippen LogP contribution in [0.15, 0.2) is 38.0 Å². The van der Waals surface area contributed by atoms with Crippen molar-refractivity contribution in [2.24, 2.45) is 5.41 Å². The van der Waals surface area contributed by atoms with E-state index < -0.39 is 11.2 Å². The first-order valence-electron chi connectivity index (χ1n) is 4.92. The van der Waals surface area contributed by atoms with Crippen LogP contribution in [0.2, 0.25) is 0 Å². The van der Waals surface area contributed by atoms with Gasteiger partial charge in [-0.1, -0.05) is 18.2 Å². The van der Waals surface area contributed by atoms with E-state index in [2.05, 4.69) is 19.7 Å². The first-order chi connectivity index (χ1) is 7.04. The van der Waals surface area contributed by atoms with Crippen LogP contribution >= 0.6 is 0 Å². The second-order valence-electron chi connectivity index (χ2n) is 3.64. The third-order valence-corrected chi connectivity index (χ3v) is 2.41. The van der Waals surface area contributed by atoms with Gasteiger partial charge in [0.25, 0.3) is 0 Å². The molecule has 0 atom stereocenters. The SMILES string of the molecule is C=CCC(CC=C)(CC=C)C(=O)C(C)=O. The molecule has 0 saturated heterocycles. The quantitative estimate of drug-likeness (QED) is 0.452. The summed E-state index contributed by atoms with van der Waals surface area (Å²) >= 11 is 0. The van der Waals surface area contributed by atoms with Gasteiger partial charge in [-0.15, -0.1) is 19.7 Å². The minimum Gasteiger partial charge on any atom is -0.291 e. The monoisotopic (exact) mass is 206 g/mol. The van der Waals surface area contributed by atoms with Crippen LogP contribution in [0.4, 0.5) is 0 Å². The zero-order chi connectivity index (χ0) is 11.9. The zero-order valence-corrected chi connectivity index (χ0v) is 9.29. The van der Waals surface area contributed by atoms with Crippen LogP contribution in [0.5, 0.6) is 0 Å². The van der Waals surface area contributed by atoms with Crippen molar-refractivity contribution in [3.8, 4) is 0 Å². The second kappa shape index (κ2) is 6.12. The summed E-state index contributed by atoms with van der Waals surface area (Å²) in [5.41, 5.74) is -0.711. The van der Waals surface area contributed by atoms with Gasteiger partial charge in [0.1, 0.15) is 0 Å². The van der Waals surface area contributed by atoms with E-state index in [1.165, 1.54) is 6.92 Å². The molecule has 0 bridgehead atoms. The van der Waals surface area contributed by atoms with Crippen molar-refractivity contribution in [3.63, 3.8) is 0 Å². The van der Waals surface area contributed by atoms with Gasteiger partial charge >= 0.3 is 0 Å². The van der Waals surface area contributed by atoms with Gasteiger partial charge in [-0.2, -0.15) is 0 Å². The molecule has 15 heavy (non-hydrogen) atoms. The van der Waals surface area contributed by atoms with Crippen molar-refractivity contribution >= 4 is 11.6 Å². The number of ketones is 2. The first-order valence-corrected chi connectivity index (χ1v) is 4.92. The Labute approximate surface area is 91.4 Å². The van der Waals surface area contributed by atoms with Crippen LogP contribution in [0, 0.1) is 5.41 Å². The molecule has 0 aliphatic heterocycles. The highest BCUT2D eigenvalue weighted by Crippen LogP contribution is 2.33. The third-order valence-electron chi connectivity index (χ3n) is 2.41. The van der Waals surface area contributed by atoms with Crippen molar-refractivity contribution in [2.45, 2.75) is 26.2 Å². The summed E-state index contributed by atoms with van der Waals surface area (Å²) in [5, 5.41) is 0. The number of rotatable bonds is 8. The lowest BCUT2D eigenvalue weighted by Gasteiger charge is -2.27. The van der Waals surface area contributed by atoms with Gasteiger partial charge in [0.05, 0.1) is 0 Å². The highest BCUT2D eigenvalue weighted by atomic mass is 16.2. The van der Waals surface area contributed by atoms with E-state index in [9.17, 15) is 9.59 Å². The topological polar surface area (TPSA) is 34.1 Å². The van der Waals surface area contributed by atoms with Crippen LogP contribution in [0.1, 0.15) is 26.2 Å². The van der Waals surface area contributed by atoms with Gasteiger partial charge in [0.2, 0.25) is 5.78 Å². The van der Waals surface area contributed by atoms with Crippen LogP contribution < -0.4 is 0 Å². The smallest absolute Gasteiger partial charge is 0.205 e. The lowest BCUT2D eigenvalue weighted by atomic mass is 9.73. The van der Waals surface area contributed by atoms with E-state index in [1.807, 2.05) is 0 Å². The number of hydrogen-bond donors (Lipinski definition) is 0. The molecule has 0 spiro atoms. The maximum absolute atomic E-state index is 11.8. The van der Waals surface area contributed by atoms with Gasteiger partial charge < -0.3 is 0 Å². The van der Waals surface area contributed by atoms with Crippen LogP contribution in [0.25, 0.3) is 0 Å². The number of carbonyl (C=O) groups excluding carboxylic acids is 2. The van der Waals surface area contributed by atoms with Crippen LogP contribution in [-0.2, 0) is 9.59 Å². The van der Waals surface area contributed by atoms with Crippen LogP contribution in [-0.4, -0.2) is 11.6 Å². The lowest BCUT2D eigenvalue weighted by molar-refractivity contribution is -0.141. The normalized spacial score (nSPS) is 10.5. The van der Waals surface area contributed by atoms with E-state index in [-0.39, 0.29) is 5.78 Å². The Morgan fingerprint density at radius 2 is 1.33 bits per heavy atom. The molecule has 0 aliphatic rings. The van der Waals surface area contributed by atoms with Gasteiger partial charge in [0.15, 0.2) is 5.78 Å². The third kappa shape index (κ3) is 3.31. The van der Waals surface area contributed by atoms with Crippen molar-refractivity contribution < 1.29 is 9.59 Å². The van der Waals surface area contributed by atoms with Gasteiger partial charge in [-0.25, -0.2) is 0 Å². The average Bonchev–Trinajstić information content (AvgIpc) is 2.17. The molecule has 0 radical (unpaired) electrons. The summed E-state index contributed by atoms with van der Waals surface area (Å²) in [6.07, 6.45) is 6.41. The molecular weight excluding hydrogens is 188 g/mol. The van der Waals surface area contributed by atoms with Gasteiger partial charge in [-0.05, 0) is 19.3 Å². The molecule has 0 rings (SSSR count). The second-order valence-corrected chi connectivity index (χ2v) is 3.64. The van der Waals surface area contributed by atoms with E-state index >= 15 is 0 Å². The Bertz CT molecular complexity index is 260. The highest BCUT2D eigenvalue weighted by molar-refractivity contribution is 6.38. The standard InChI is InChI=1S/C13H18O2/c1-5-8-13(9-6-2,10-7-3)12(15)11(4)14/h5-7H,1-3,8-10H2,4H3. The predicted octanol–water partition coefficient (Wildman–Crippen LogP) is 2.86. The molecule has 0 aromatic carbocycles. The Morgan fingerprint density at radius 1 is 1.00 bits per heavy atom. The fourth-order valence-corrected chi connectivity index (χ4v) is 1.73. The molecule has 82 valence electrons. The van der Waals surface area contributed by atoms with Crippen LogP contribution in [0.3, 0.4) is 0 Å². The van der Waals surface area contributed by atoms with E-state index in [0.29, 0.717) is 19.3 Å². The summed E-state index contributed by atoms with van der Waals surface area (Å²) in [5.74, 6) is -0.775. The fraction of sp³-hybridized carbons (Fsp3) is 0.385. The first kappa shape index (κ1) is 13.6. The molecule has 0 N–H and O–H groups in total. The van der Waals surface area contributed by atoms with Gasteiger partial charge in [-0.3, -0.25) is 9.59 Å². The molecule has 2 heteroatoms. The summed E-state index contributed by atoms with van der Waals surface area (Å²) in [6.45, 7) is 12.2. The molecule has 0 aromatic rings. The molecule has 0 aromatic heterocycles. The summed E-state index contributed by atoms with van der Waals surface area (Å²) in [6, 6.07) is 0. The fourth-order valence-electron chi connectivity index (χ4n) is 1.73. The maximum Gasteiger partial charge on any atom is 0.205 e. The molecule has 0 saturated carbocycles. The summed E-state index contributed by atoms with van der Waals surface area (Å²) in [7, 11) is 0. The Balaban J connectivity index is 5.15. The van der Waals surface area contributed by atoms with E-state index in [1.54, 1.807) is 18.2 Å². The Kier molecular flexibility index (Phi) is 5.53. The van der Waals surface area contributed by atoms with E-state index in [4.69, 9.17) is 0 Å². The highest BCUT2D eigenvalue weighted by Gasteiger charge is 2.36. The minimum atomic E-state index is -0.711. The van der Waals surface area contributed by atoms with Crippen molar-refractivity contribution in [1.29, 1.82) is 0 Å². The molecular formula is C13H18O2. The molecule has 0 unspecified atom stereocenters. The molecule has 0 fully saturated rings. The van der Waals surface area contributed by atoms with Gasteiger partial charge in [0, 0.05) is 12.3 Å². The van der Waals surface area contributed by atoms with E-state index in [0.717, 1.165) is 0 Å². The van der Waals surface area contributed by atoms with Crippen molar-refractivity contribution in [1.82, 2.24) is 0 Å². The molecule has 0 heterocycles. The predicted molar refractivity (Wildman–Crippen MR) is 62.6 cm³/mol. The summed E-state index contributed by atoms with van der Waals surface area (Å²) < 4.78 is 0. The molecule has 0 aliphatic carbocycles. The largest absolute Gasteiger partial charge is 0.291 e. The molecule has 0 amide bonds. The zero-order valence-electron chi connectivity index (χ0n) is 9.29. The maximum atomic E-state index is 11.8. The molecule has 2 nitrogen and oxygen atoms in total. The lowest BCUT2D eigenvalue weighted by Crippen LogP contribution is -2.34. The summed E-state index contributed by atoms with van der Waals surface area (Å²) in [4.78, 5) is 23.0. The minimum absolute atomic E-state index is 0.359. The number of carbonyl (C=O) groups is 2. The number of Topliss-reactive ketones (excluding diaryl/α,β-unsaturated/α-hetero) is 2. The van der Waals surface area contributed by atoms with Crippen molar-refractivity contribution in [2.75, 3.05) is 0 Å². The Hall–Kier alpha value is -1.44. The average molecular weight is 206 g/mol. The number of allylic oxidation sites excluding steroid dienone is 3. The Morgan fingerprint density at radius 3 is 1.53 bits per heavy atom. The van der Waals surface area contributed by atoms with Crippen molar-refractivity contribution in [3.05, 3.63) is 38.0 Å². The number of hydrogen-bond acceptors (Lipinski definition) is 2.